The first-order valence-electron chi connectivity index (χ1n) is 8.28. The highest BCUT2D eigenvalue weighted by molar-refractivity contribution is 5.94. The van der Waals surface area contributed by atoms with Gasteiger partial charge in [-0.3, -0.25) is 9.78 Å². The number of rotatable bonds is 6. The summed E-state index contributed by atoms with van der Waals surface area (Å²) in [5, 5.41) is 3.87. The summed E-state index contributed by atoms with van der Waals surface area (Å²) in [5.41, 5.74) is 4.00. The van der Waals surface area contributed by atoms with E-state index in [4.69, 9.17) is 9.15 Å². The molecule has 0 fully saturated rings. The number of hydrogen-bond acceptors (Lipinski definition) is 6. The fourth-order valence-corrected chi connectivity index (χ4v) is 2.31. The summed E-state index contributed by atoms with van der Waals surface area (Å²) in [6.07, 6.45) is 4.43. The van der Waals surface area contributed by atoms with Crippen LogP contribution in [0.15, 0.2) is 70.4 Å². The summed E-state index contributed by atoms with van der Waals surface area (Å²) in [6.45, 7) is 2.07. The van der Waals surface area contributed by atoms with E-state index in [2.05, 4.69) is 15.5 Å². The van der Waals surface area contributed by atoms with Crippen LogP contribution < -0.4 is 5.43 Å². The topological polar surface area (TPSA) is 93.8 Å². The number of amides is 1. The van der Waals surface area contributed by atoms with Crippen molar-refractivity contribution in [3.05, 3.63) is 77.8 Å². The smallest absolute Gasteiger partial charge is 0.338 e. The van der Waals surface area contributed by atoms with Gasteiger partial charge in [-0.25, -0.2) is 10.2 Å². The van der Waals surface area contributed by atoms with E-state index in [1.165, 1.54) is 12.4 Å². The van der Waals surface area contributed by atoms with E-state index < -0.39 is 0 Å². The molecule has 1 aromatic carbocycles. The molecule has 2 aromatic heterocycles. The van der Waals surface area contributed by atoms with Gasteiger partial charge in [-0.15, -0.1) is 0 Å². The zero-order valence-electron chi connectivity index (χ0n) is 14.6. The molecule has 27 heavy (non-hydrogen) atoms. The number of pyridine rings is 1. The number of carbonyl (C=O) groups is 2. The maximum Gasteiger partial charge on any atom is 0.338 e. The molecule has 0 radical (unpaired) electrons. The van der Waals surface area contributed by atoms with Crippen LogP contribution in [-0.4, -0.2) is 29.7 Å². The van der Waals surface area contributed by atoms with Crippen molar-refractivity contribution in [1.82, 2.24) is 10.4 Å². The minimum absolute atomic E-state index is 0.315. The van der Waals surface area contributed by atoms with Crippen molar-refractivity contribution in [3.63, 3.8) is 0 Å². The van der Waals surface area contributed by atoms with Gasteiger partial charge in [-0.05, 0) is 43.3 Å². The zero-order chi connectivity index (χ0) is 19.1. The monoisotopic (exact) mass is 363 g/mol. The molecule has 0 spiro atoms. The van der Waals surface area contributed by atoms with Gasteiger partial charge in [0.05, 0.1) is 23.9 Å². The number of furan rings is 1. The van der Waals surface area contributed by atoms with Crippen molar-refractivity contribution < 1.29 is 18.7 Å². The molecule has 3 rings (SSSR count). The first kappa shape index (κ1) is 18.1. The molecule has 0 saturated heterocycles. The largest absolute Gasteiger partial charge is 0.462 e. The Kier molecular flexibility index (Phi) is 5.73. The van der Waals surface area contributed by atoms with Crippen molar-refractivity contribution in [3.8, 4) is 11.3 Å². The van der Waals surface area contributed by atoms with Crippen molar-refractivity contribution >= 4 is 18.1 Å². The summed E-state index contributed by atoms with van der Waals surface area (Å²) in [4.78, 5) is 27.6. The van der Waals surface area contributed by atoms with E-state index in [0.717, 1.165) is 5.56 Å². The van der Waals surface area contributed by atoms with E-state index >= 15 is 0 Å². The predicted molar refractivity (Wildman–Crippen MR) is 99.4 cm³/mol. The van der Waals surface area contributed by atoms with Gasteiger partial charge in [-0.1, -0.05) is 12.1 Å². The summed E-state index contributed by atoms with van der Waals surface area (Å²) >= 11 is 0. The van der Waals surface area contributed by atoms with E-state index in [1.807, 2.05) is 6.07 Å². The Bertz CT molecular complexity index is 964. The quantitative estimate of drug-likeness (QED) is 0.412. The average molecular weight is 363 g/mol. The third kappa shape index (κ3) is 4.66. The van der Waals surface area contributed by atoms with Crippen molar-refractivity contribution in [1.29, 1.82) is 0 Å². The normalized spacial score (nSPS) is 10.7. The molecule has 0 atom stereocenters. The van der Waals surface area contributed by atoms with Gasteiger partial charge < -0.3 is 9.15 Å². The molecular formula is C20H17N3O4. The van der Waals surface area contributed by atoms with Crippen LogP contribution in [0.3, 0.4) is 0 Å². The van der Waals surface area contributed by atoms with Crippen molar-refractivity contribution in [2.75, 3.05) is 6.61 Å². The molecule has 1 amide bonds. The molecule has 0 bridgehead atoms. The second kappa shape index (κ2) is 8.57. The predicted octanol–water partition coefficient (Wildman–Crippen LogP) is 3.28. The summed E-state index contributed by atoms with van der Waals surface area (Å²) < 4.78 is 10.7. The Morgan fingerprint density at radius 3 is 2.81 bits per heavy atom. The zero-order valence-corrected chi connectivity index (χ0v) is 14.6. The van der Waals surface area contributed by atoms with E-state index in [-0.39, 0.29) is 11.9 Å². The lowest BCUT2D eigenvalue weighted by Crippen LogP contribution is -2.17. The molecule has 7 heteroatoms. The standard InChI is InChI=1S/C20H17N3O4/c1-2-26-20(25)15-6-3-5-14(11-15)18-9-8-17(27-18)13-22-23-19(24)16-7-4-10-21-12-16/h3-13H,2H2,1H3,(H,23,24)/b22-13+. The first-order valence-corrected chi connectivity index (χ1v) is 8.28. The Hall–Kier alpha value is -3.74. The number of hydrazone groups is 1. The van der Waals surface area contributed by atoms with Crippen LogP contribution in [0.25, 0.3) is 11.3 Å². The van der Waals surface area contributed by atoms with Crippen LogP contribution >= 0.6 is 0 Å². The molecule has 0 aliphatic rings. The van der Waals surface area contributed by atoms with E-state index in [9.17, 15) is 9.59 Å². The van der Waals surface area contributed by atoms with Crippen molar-refractivity contribution in [2.24, 2.45) is 5.10 Å². The SMILES string of the molecule is CCOC(=O)c1cccc(-c2ccc(/C=N/NC(=O)c3cccnc3)o2)c1. The third-order valence-electron chi connectivity index (χ3n) is 3.57. The van der Waals surface area contributed by atoms with Crippen LogP contribution in [0.5, 0.6) is 0 Å². The number of esters is 1. The third-order valence-corrected chi connectivity index (χ3v) is 3.57. The molecule has 0 unspecified atom stereocenters. The number of nitrogens with one attached hydrogen (secondary N) is 1. The summed E-state index contributed by atoms with van der Waals surface area (Å²) in [7, 11) is 0. The number of nitrogens with zero attached hydrogens (tertiary/aromatic N) is 2. The Labute approximate surface area is 155 Å². The van der Waals surface area contributed by atoms with Crippen molar-refractivity contribution in [2.45, 2.75) is 6.92 Å². The molecule has 0 saturated carbocycles. The lowest BCUT2D eigenvalue weighted by atomic mass is 10.1. The lowest BCUT2D eigenvalue weighted by molar-refractivity contribution is 0.0526. The van der Waals surface area contributed by atoms with E-state index in [0.29, 0.717) is 29.3 Å². The maximum atomic E-state index is 11.9. The molecule has 0 aliphatic heterocycles. The van der Waals surface area contributed by atoms with Gasteiger partial charge >= 0.3 is 5.97 Å². The van der Waals surface area contributed by atoms with Gasteiger partial charge in [-0.2, -0.15) is 5.10 Å². The van der Waals surface area contributed by atoms with E-state index in [1.54, 1.807) is 55.6 Å². The second-order valence-corrected chi connectivity index (χ2v) is 5.44. The van der Waals surface area contributed by atoms with Crippen LogP contribution in [0, 0.1) is 0 Å². The molecular weight excluding hydrogens is 346 g/mol. The first-order chi connectivity index (χ1) is 13.2. The number of carbonyl (C=O) groups excluding carboxylic acids is 2. The fourth-order valence-electron chi connectivity index (χ4n) is 2.31. The maximum absolute atomic E-state index is 11.9. The summed E-state index contributed by atoms with van der Waals surface area (Å²) in [6, 6.07) is 13.7. The molecule has 0 aliphatic carbocycles. The minimum atomic E-state index is -0.384. The molecule has 3 aromatic rings. The molecule has 2 heterocycles. The number of ether oxygens (including phenoxy) is 1. The van der Waals surface area contributed by atoms with Gasteiger partial charge in [0.15, 0.2) is 0 Å². The van der Waals surface area contributed by atoms with Crippen LogP contribution in [0.4, 0.5) is 0 Å². The molecule has 7 nitrogen and oxygen atoms in total. The minimum Gasteiger partial charge on any atom is -0.462 e. The Balaban J connectivity index is 1.67. The highest BCUT2D eigenvalue weighted by Crippen LogP contribution is 2.23. The van der Waals surface area contributed by atoms with Crippen LogP contribution in [-0.2, 0) is 4.74 Å². The second-order valence-electron chi connectivity index (χ2n) is 5.44. The van der Waals surface area contributed by atoms with Gasteiger partial charge in [0.1, 0.15) is 11.5 Å². The number of hydrogen-bond donors (Lipinski definition) is 1. The fraction of sp³-hybridized carbons (Fsp3) is 0.100. The van der Waals surface area contributed by atoms with Gasteiger partial charge in [0.25, 0.3) is 5.91 Å². The highest BCUT2D eigenvalue weighted by Gasteiger charge is 2.10. The number of benzene rings is 1. The van der Waals surface area contributed by atoms with Crippen LogP contribution in [0.2, 0.25) is 0 Å². The number of aromatic nitrogens is 1. The molecule has 1 N–H and O–H groups in total. The van der Waals surface area contributed by atoms with Gasteiger partial charge in [0.2, 0.25) is 0 Å². The molecule has 136 valence electrons. The highest BCUT2D eigenvalue weighted by atomic mass is 16.5. The average Bonchev–Trinajstić information content (AvgIpc) is 3.18. The Morgan fingerprint density at radius 1 is 1.19 bits per heavy atom. The van der Waals surface area contributed by atoms with Crippen LogP contribution in [0.1, 0.15) is 33.4 Å². The van der Waals surface area contributed by atoms with Gasteiger partial charge in [0, 0.05) is 18.0 Å². The Morgan fingerprint density at radius 2 is 2.04 bits per heavy atom. The lowest BCUT2D eigenvalue weighted by Gasteiger charge is -2.03. The summed E-state index contributed by atoms with van der Waals surface area (Å²) in [5.74, 6) is 0.276.